The fourth-order valence-electron chi connectivity index (χ4n) is 5.06. The first-order valence-corrected chi connectivity index (χ1v) is 14.9. The average Bonchev–Trinajstić information content (AvgIpc) is 3.30. The summed E-state index contributed by atoms with van der Waals surface area (Å²) in [5, 5.41) is 13.8. The summed E-state index contributed by atoms with van der Waals surface area (Å²) in [6, 6.07) is 17.3. The first-order valence-electron chi connectivity index (χ1n) is 13.0. The van der Waals surface area contributed by atoms with Gasteiger partial charge in [-0.1, -0.05) is 30.3 Å². The molecule has 0 fully saturated rings. The van der Waals surface area contributed by atoms with Gasteiger partial charge in [0.1, 0.15) is 6.04 Å². The maximum atomic E-state index is 14.1. The number of allylic oxidation sites excluding steroid dienone is 1. The molecule has 0 bridgehead atoms. The molecule has 226 valence electrons. The Kier molecular flexibility index (Phi) is 7.69. The van der Waals surface area contributed by atoms with Gasteiger partial charge in [0.15, 0.2) is 9.84 Å². The number of hydrogen-bond acceptors (Lipinski definition) is 8. The van der Waals surface area contributed by atoms with Gasteiger partial charge in [-0.15, -0.1) is 5.10 Å². The Labute approximate surface area is 249 Å². The molecule has 4 aromatic rings. The maximum absolute atomic E-state index is 14.1. The smallest absolute Gasteiger partial charge is 0.416 e. The Morgan fingerprint density at radius 3 is 2.30 bits per heavy atom. The Morgan fingerprint density at radius 1 is 1.07 bits per heavy atom. The molecule has 0 amide bonds. The lowest BCUT2D eigenvalue weighted by Crippen LogP contribution is -2.38. The SMILES string of the molecule is COC(=O)C1=C(C)N(c2cccc(C(F)(F)F)c2)c2nn(Cc3ccc(S(C)(=O)=O)cc3)c(=O)n2[C@@H]1c1ccc(C#N)cc1. The molecule has 0 saturated heterocycles. The van der Waals surface area contributed by atoms with Crippen LogP contribution in [0.2, 0.25) is 0 Å². The van der Waals surface area contributed by atoms with Crippen molar-refractivity contribution in [2.75, 3.05) is 18.3 Å². The lowest BCUT2D eigenvalue weighted by atomic mass is 9.93. The molecule has 1 aromatic heterocycles. The molecule has 0 radical (unpaired) electrons. The van der Waals surface area contributed by atoms with Crippen LogP contribution in [0, 0.1) is 11.3 Å². The monoisotopic (exact) mass is 623 g/mol. The summed E-state index contributed by atoms with van der Waals surface area (Å²) in [6.45, 7) is 1.39. The van der Waals surface area contributed by atoms with E-state index in [9.17, 15) is 36.4 Å². The van der Waals surface area contributed by atoms with E-state index >= 15 is 0 Å². The van der Waals surface area contributed by atoms with Crippen LogP contribution in [0.15, 0.2) is 93.8 Å². The van der Waals surface area contributed by atoms with Crippen molar-refractivity contribution in [1.29, 1.82) is 5.26 Å². The van der Waals surface area contributed by atoms with E-state index in [0.717, 1.165) is 30.2 Å². The van der Waals surface area contributed by atoms with Crippen molar-refractivity contribution in [1.82, 2.24) is 14.3 Å². The molecule has 14 heteroatoms. The molecular weight excluding hydrogens is 599 g/mol. The number of alkyl halides is 3. The summed E-state index contributed by atoms with van der Waals surface area (Å²) < 4.78 is 72.2. The molecule has 10 nitrogen and oxygen atoms in total. The Balaban J connectivity index is 1.75. The number of anilines is 2. The Morgan fingerprint density at radius 2 is 1.73 bits per heavy atom. The van der Waals surface area contributed by atoms with Crippen LogP contribution in [0.25, 0.3) is 0 Å². The van der Waals surface area contributed by atoms with Crippen molar-refractivity contribution >= 4 is 27.4 Å². The number of benzene rings is 3. The van der Waals surface area contributed by atoms with Crippen molar-refractivity contribution in [2.45, 2.75) is 30.6 Å². The second kappa shape index (κ2) is 11.2. The van der Waals surface area contributed by atoms with Gasteiger partial charge >= 0.3 is 17.8 Å². The molecule has 1 atom stereocenters. The number of halogens is 3. The Bertz CT molecular complexity index is 2010. The summed E-state index contributed by atoms with van der Waals surface area (Å²) in [6.07, 6.45) is -3.60. The van der Waals surface area contributed by atoms with Crippen LogP contribution in [-0.2, 0) is 32.1 Å². The summed E-state index contributed by atoms with van der Waals surface area (Å²) in [5.74, 6) is -0.892. The highest BCUT2D eigenvalue weighted by molar-refractivity contribution is 7.90. The molecular formula is C30H24F3N5O5S. The van der Waals surface area contributed by atoms with Gasteiger partial charge in [0.05, 0.1) is 41.3 Å². The van der Waals surface area contributed by atoms with Crippen LogP contribution in [0.4, 0.5) is 24.8 Å². The third-order valence-corrected chi connectivity index (χ3v) is 8.31. The van der Waals surface area contributed by atoms with E-state index in [1.54, 1.807) is 12.1 Å². The molecule has 0 saturated carbocycles. The number of methoxy groups -OCH3 is 1. The number of ether oxygens (including phenoxy) is 1. The lowest BCUT2D eigenvalue weighted by Gasteiger charge is -2.35. The highest BCUT2D eigenvalue weighted by Gasteiger charge is 2.41. The van der Waals surface area contributed by atoms with E-state index in [0.29, 0.717) is 16.7 Å². The van der Waals surface area contributed by atoms with Crippen molar-refractivity contribution in [2.24, 2.45) is 0 Å². The third-order valence-electron chi connectivity index (χ3n) is 7.19. The highest BCUT2D eigenvalue weighted by Crippen LogP contribution is 2.43. The minimum absolute atomic E-state index is 0.00656. The van der Waals surface area contributed by atoms with Crippen molar-refractivity contribution in [3.8, 4) is 6.07 Å². The number of rotatable bonds is 6. The maximum Gasteiger partial charge on any atom is 0.416 e. The van der Waals surface area contributed by atoms with Crippen LogP contribution in [0.5, 0.6) is 0 Å². The third kappa shape index (κ3) is 5.49. The van der Waals surface area contributed by atoms with Crippen LogP contribution < -0.4 is 10.6 Å². The van der Waals surface area contributed by atoms with Gasteiger partial charge in [0.2, 0.25) is 5.95 Å². The van der Waals surface area contributed by atoms with E-state index in [2.05, 4.69) is 5.10 Å². The number of nitrogens with zero attached hydrogens (tertiary/aromatic N) is 5. The molecule has 0 aliphatic carbocycles. The first kappa shape index (κ1) is 30.3. The molecule has 1 aliphatic rings. The number of aromatic nitrogens is 3. The number of nitriles is 1. The van der Waals surface area contributed by atoms with E-state index < -0.39 is 39.3 Å². The van der Waals surface area contributed by atoms with Gasteiger partial charge in [-0.05, 0) is 60.5 Å². The standard InChI is InChI=1S/C30H24F3N5O5S/c1-18-25(27(39)43-2)26(21-11-7-19(16-34)8-12-21)38-28(37(18)23-6-4-5-22(15-23)30(31,32)33)35-36(29(38)40)17-20-9-13-24(14-10-20)44(3,41)42/h4-15,26H,17H2,1-3H3/t26-/m1/s1. The van der Waals surface area contributed by atoms with E-state index in [1.807, 2.05) is 6.07 Å². The van der Waals surface area contributed by atoms with Crippen molar-refractivity contribution in [3.05, 3.63) is 117 Å². The average molecular weight is 624 g/mol. The first-order chi connectivity index (χ1) is 20.7. The summed E-state index contributed by atoms with van der Waals surface area (Å²) in [4.78, 5) is 28.7. The quantitative estimate of drug-likeness (QED) is 0.286. The van der Waals surface area contributed by atoms with Gasteiger partial charge in [0, 0.05) is 17.6 Å². The predicted octanol–water partition coefficient (Wildman–Crippen LogP) is 4.58. The molecule has 3 aromatic carbocycles. The number of carbonyl (C=O) groups excluding carboxylic acids is 1. The van der Waals surface area contributed by atoms with Crippen LogP contribution in [0.3, 0.4) is 0 Å². The number of carbonyl (C=O) groups is 1. The molecule has 0 N–H and O–H groups in total. The van der Waals surface area contributed by atoms with Gasteiger partial charge in [-0.3, -0.25) is 4.90 Å². The highest BCUT2D eigenvalue weighted by atomic mass is 32.2. The molecule has 1 aliphatic heterocycles. The summed E-state index contributed by atoms with van der Waals surface area (Å²) in [7, 11) is -2.32. The van der Waals surface area contributed by atoms with E-state index in [-0.39, 0.29) is 34.3 Å². The summed E-state index contributed by atoms with van der Waals surface area (Å²) in [5.41, 5.74) is -0.234. The fraction of sp³-hybridized carbons (Fsp3) is 0.200. The normalized spacial score (nSPS) is 15.1. The molecule has 5 rings (SSSR count). The molecule has 44 heavy (non-hydrogen) atoms. The number of hydrogen-bond donors (Lipinski definition) is 0. The van der Waals surface area contributed by atoms with Crippen LogP contribution >= 0.6 is 0 Å². The summed E-state index contributed by atoms with van der Waals surface area (Å²) >= 11 is 0. The van der Waals surface area contributed by atoms with Crippen LogP contribution in [0.1, 0.15) is 35.2 Å². The predicted molar refractivity (Wildman–Crippen MR) is 153 cm³/mol. The number of fused-ring (bicyclic) bond motifs is 1. The topological polar surface area (TPSA) is 127 Å². The minimum atomic E-state index is -4.67. The zero-order valence-corrected chi connectivity index (χ0v) is 24.3. The van der Waals surface area contributed by atoms with Gasteiger partial charge in [-0.25, -0.2) is 27.3 Å². The lowest BCUT2D eigenvalue weighted by molar-refractivity contribution is -0.138. The number of sulfone groups is 1. The van der Waals surface area contributed by atoms with E-state index in [4.69, 9.17) is 4.74 Å². The fourth-order valence-corrected chi connectivity index (χ4v) is 5.69. The zero-order valence-electron chi connectivity index (χ0n) is 23.5. The molecule has 0 spiro atoms. The molecule has 2 heterocycles. The van der Waals surface area contributed by atoms with E-state index in [1.165, 1.54) is 64.9 Å². The van der Waals surface area contributed by atoms with Gasteiger partial charge < -0.3 is 4.74 Å². The molecule has 0 unspecified atom stereocenters. The largest absolute Gasteiger partial charge is 0.466 e. The second-order valence-electron chi connectivity index (χ2n) is 10.0. The van der Waals surface area contributed by atoms with Gasteiger partial charge in [-0.2, -0.15) is 18.4 Å². The Hall–Kier alpha value is -5.16. The minimum Gasteiger partial charge on any atom is -0.466 e. The van der Waals surface area contributed by atoms with Crippen LogP contribution in [-0.4, -0.2) is 42.1 Å². The van der Waals surface area contributed by atoms with Crippen molar-refractivity contribution in [3.63, 3.8) is 0 Å². The van der Waals surface area contributed by atoms with Crippen molar-refractivity contribution < 1.29 is 31.1 Å². The number of esters is 1. The zero-order chi connectivity index (χ0) is 32.0. The van der Waals surface area contributed by atoms with Gasteiger partial charge in [0.25, 0.3) is 0 Å². The second-order valence-corrected chi connectivity index (χ2v) is 12.1.